The molecule has 0 spiro atoms. The Hall–Kier alpha value is 0.880. The standard InChI is InChI=1S/C7H11BrFI/c1-3-4-5(2)6(10)7(8)9/h7H,3-4H2,1-2H3. The highest BCUT2D eigenvalue weighted by atomic mass is 127. The van der Waals surface area contributed by atoms with E-state index in [1.54, 1.807) is 0 Å². The fourth-order valence-electron chi connectivity index (χ4n) is 0.681. The first-order chi connectivity index (χ1) is 4.59. The zero-order valence-corrected chi connectivity index (χ0v) is 9.87. The molecule has 0 aromatic rings. The molecule has 0 aromatic carbocycles. The highest BCUT2D eigenvalue weighted by molar-refractivity contribution is 14.1. The number of allylic oxidation sites excluding steroid dienone is 2. The lowest BCUT2D eigenvalue weighted by Crippen LogP contribution is -1.90. The minimum Gasteiger partial charge on any atom is -0.229 e. The second-order valence-electron chi connectivity index (χ2n) is 2.18. The summed E-state index contributed by atoms with van der Waals surface area (Å²) >= 11 is 4.92. The highest BCUT2D eigenvalue weighted by Crippen LogP contribution is 2.26. The van der Waals surface area contributed by atoms with Crippen molar-refractivity contribution in [3.63, 3.8) is 0 Å². The average molecular weight is 321 g/mol. The van der Waals surface area contributed by atoms with Gasteiger partial charge in [0.25, 0.3) is 0 Å². The lowest BCUT2D eigenvalue weighted by atomic mass is 10.2. The van der Waals surface area contributed by atoms with E-state index in [1.165, 1.54) is 0 Å². The molecule has 10 heavy (non-hydrogen) atoms. The summed E-state index contributed by atoms with van der Waals surface area (Å²) in [5, 5.41) is -0.973. The molecule has 0 aliphatic carbocycles. The van der Waals surface area contributed by atoms with Gasteiger partial charge in [0.1, 0.15) is 0 Å². The van der Waals surface area contributed by atoms with Crippen LogP contribution in [0.15, 0.2) is 9.15 Å². The molecule has 0 saturated heterocycles. The Balaban J connectivity index is 4.05. The molecule has 0 heterocycles. The first kappa shape index (κ1) is 10.9. The van der Waals surface area contributed by atoms with Crippen molar-refractivity contribution < 1.29 is 4.39 Å². The van der Waals surface area contributed by atoms with Gasteiger partial charge in [-0.25, -0.2) is 4.39 Å². The van der Waals surface area contributed by atoms with Crippen LogP contribution in [0.25, 0.3) is 0 Å². The average Bonchev–Trinajstić information content (AvgIpc) is 1.87. The van der Waals surface area contributed by atoms with Crippen molar-refractivity contribution in [3.8, 4) is 0 Å². The summed E-state index contributed by atoms with van der Waals surface area (Å²) in [5.74, 6) is 0. The van der Waals surface area contributed by atoms with Crippen molar-refractivity contribution in [1.82, 2.24) is 0 Å². The number of hydrogen-bond acceptors (Lipinski definition) is 0. The monoisotopic (exact) mass is 320 g/mol. The molecular weight excluding hydrogens is 310 g/mol. The van der Waals surface area contributed by atoms with Crippen molar-refractivity contribution in [3.05, 3.63) is 9.15 Å². The van der Waals surface area contributed by atoms with Gasteiger partial charge < -0.3 is 0 Å². The van der Waals surface area contributed by atoms with Crippen LogP contribution in [0.2, 0.25) is 0 Å². The maximum atomic E-state index is 12.5. The molecular formula is C7H11BrFI. The molecule has 0 fully saturated rings. The Labute approximate surface area is 83.5 Å². The van der Waals surface area contributed by atoms with E-state index in [0.29, 0.717) is 0 Å². The first-order valence-electron chi connectivity index (χ1n) is 3.22. The summed E-state index contributed by atoms with van der Waals surface area (Å²) in [6.07, 6.45) is 2.07. The molecule has 0 saturated carbocycles. The first-order valence-corrected chi connectivity index (χ1v) is 5.22. The van der Waals surface area contributed by atoms with Crippen LogP contribution in [0.3, 0.4) is 0 Å². The summed E-state index contributed by atoms with van der Waals surface area (Å²) in [7, 11) is 0. The number of alkyl halides is 2. The maximum absolute atomic E-state index is 12.5. The summed E-state index contributed by atoms with van der Waals surface area (Å²) < 4.78 is 13.3. The minimum atomic E-state index is -0.973. The fraction of sp³-hybridized carbons (Fsp3) is 0.714. The molecule has 1 unspecified atom stereocenters. The predicted molar refractivity (Wildman–Crippen MR) is 55.5 cm³/mol. The minimum absolute atomic E-state index is 0.791. The summed E-state index contributed by atoms with van der Waals surface area (Å²) in [4.78, 5) is 0. The third-order valence-corrected chi connectivity index (χ3v) is 4.01. The van der Waals surface area contributed by atoms with Crippen LogP contribution in [0, 0.1) is 0 Å². The molecule has 0 radical (unpaired) electrons. The second-order valence-corrected chi connectivity index (χ2v) is 4.15. The van der Waals surface area contributed by atoms with Crippen molar-refractivity contribution in [1.29, 1.82) is 0 Å². The fourth-order valence-corrected chi connectivity index (χ4v) is 1.34. The van der Waals surface area contributed by atoms with E-state index in [0.717, 1.165) is 22.0 Å². The van der Waals surface area contributed by atoms with Gasteiger partial charge in [0.2, 0.25) is 0 Å². The van der Waals surface area contributed by atoms with Gasteiger partial charge >= 0.3 is 0 Å². The number of rotatable bonds is 3. The van der Waals surface area contributed by atoms with Crippen molar-refractivity contribution >= 4 is 38.5 Å². The van der Waals surface area contributed by atoms with Crippen LogP contribution >= 0.6 is 38.5 Å². The predicted octanol–water partition coefficient (Wildman–Crippen LogP) is 4.19. The van der Waals surface area contributed by atoms with Gasteiger partial charge in [0, 0.05) is 3.58 Å². The molecule has 0 nitrogen and oxygen atoms in total. The molecule has 3 heteroatoms. The van der Waals surface area contributed by atoms with Gasteiger partial charge in [-0.05, 0) is 51.9 Å². The maximum Gasteiger partial charge on any atom is 0.185 e. The largest absolute Gasteiger partial charge is 0.229 e. The van der Waals surface area contributed by atoms with Gasteiger partial charge in [0.15, 0.2) is 5.08 Å². The molecule has 0 bridgehead atoms. The van der Waals surface area contributed by atoms with Crippen LogP contribution < -0.4 is 0 Å². The molecule has 60 valence electrons. The Kier molecular flexibility index (Phi) is 6.01. The van der Waals surface area contributed by atoms with E-state index in [1.807, 2.05) is 29.5 Å². The van der Waals surface area contributed by atoms with Gasteiger partial charge in [-0.3, -0.25) is 0 Å². The Bertz CT molecular complexity index is 132. The van der Waals surface area contributed by atoms with Gasteiger partial charge in [0.05, 0.1) is 0 Å². The smallest absolute Gasteiger partial charge is 0.185 e. The molecule has 0 aliphatic rings. The molecule has 0 amide bonds. The topological polar surface area (TPSA) is 0 Å². The van der Waals surface area contributed by atoms with E-state index in [9.17, 15) is 4.39 Å². The van der Waals surface area contributed by atoms with Crippen molar-refractivity contribution in [2.45, 2.75) is 31.8 Å². The van der Waals surface area contributed by atoms with Gasteiger partial charge in [-0.15, -0.1) is 0 Å². The molecule has 0 aliphatic heterocycles. The van der Waals surface area contributed by atoms with E-state index in [-0.39, 0.29) is 0 Å². The van der Waals surface area contributed by atoms with Crippen molar-refractivity contribution in [2.24, 2.45) is 0 Å². The lowest BCUT2D eigenvalue weighted by Gasteiger charge is -2.03. The SMILES string of the molecule is CCCC(C)=C(I)C(F)Br. The normalized spacial score (nSPS) is 16.5. The summed E-state index contributed by atoms with van der Waals surface area (Å²) in [6.45, 7) is 4.06. The third-order valence-electron chi connectivity index (χ3n) is 1.22. The number of hydrogen-bond donors (Lipinski definition) is 0. The van der Waals surface area contributed by atoms with Crippen molar-refractivity contribution in [2.75, 3.05) is 0 Å². The van der Waals surface area contributed by atoms with Crippen LogP contribution in [-0.2, 0) is 0 Å². The van der Waals surface area contributed by atoms with Crippen LogP contribution in [0.1, 0.15) is 26.7 Å². The van der Waals surface area contributed by atoms with Crippen LogP contribution in [0.4, 0.5) is 4.39 Å². The zero-order chi connectivity index (χ0) is 8.15. The number of halogens is 3. The van der Waals surface area contributed by atoms with E-state index < -0.39 is 5.08 Å². The molecule has 0 N–H and O–H groups in total. The van der Waals surface area contributed by atoms with E-state index in [4.69, 9.17) is 0 Å². The van der Waals surface area contributed by atoms with E-state index in [2.05, 4.69) is 22.9 Å². The molecule has 0 rings (SSSR count). The van der Waals surface area contributed by atoms with Gasteiger partial charge in [-0.1, -0.05) is 18.9 Å². The van der Waals surface area contributed by atoms with E-state index >= 15 is 0 Å². The zero-order valence-electron chi connectivity index (χ0n) is 6.13. The Morgan fingerprint density at radius 2 is 2.20 bits per heavy atom. The molecule has 1 atom stereocenters. The van der Waals surface area contributed by atoms with Crippen LogP contribution in [0.5, 0.6) is 0 Å². The molecule has 0 aromatic heterocycles. The summed E-state index contributed by atoms with van der Waals surface area (Å²) in [5.41, 5.74) is 1.15. The van der Waals surface area contributed by atoms with Gasteiger partial charge in [-0.2, -0.15) is 0 Å². The second kappa shape index (κ2) is 5.52. The van der Waals surface area contributed by atoms with Crippen LogP contribution in [-0.4, -0.2) is 5.08 Å². The quantitative estimate of drug-likeness (QED) is 0.540. The lowest BCUT2D eigenvalue weighted by molar-refractivity contribution is 0.523. The third kappa shape index (κ3) is 3.91. The highest BCUT2D eigenvalue weighted by Gasteiger charge is 2.07. The summed E-state index contributed by atoms with van der Waals surface area (Å²) in [6, 6.07) is 0. The Morgan fingerprint density at radius 3 is 2.50 bits per heavy atom. The Morgan fingerprint density at radius 1 is 1.70 bits per heavy atom.